The van der Waals surface area contributed by atoms with Crippen LogP contribution < -0.4 is 5.32 Å². The fourth-order valence-electron chi connectivity index (χ4n) is 2.53. The molecule has 1 amide bonds. The molecule has 3 nitrogen and oxygen atoms in total. The van der Waals surface area contributed by atoms with Gasteiger partial charge in [0.1, 0.15) is 5.82 Å². The van der Waals surface area contributed by atoms with E-state index in [1.807, 2.05) is 0 Å². The van der Waals surface area contributed by atoms with Crippen molar-refractivity contribution < 1.29 is 49.4 Å². The Labute approximate surface area is 163 Å². The quantitative estimate of drug-likeness (QED) is 0.664. The summed E-state index contributed by atoms with van der Waals surface area (Å²) in [5.41, 5.74) is -7.78. The van der Waals surface area contributed by atoms with Gasteiger partial charge in [-0.05, 0) is 23.8 Å². The van der Waals surface area contributed by atoms with Crippen molar-refractivity contribution in [2.24, 2.45) is 0 Å². The van der Waals surface area contributed by atoms with Crippen molar-refractivity contribution in [2.45, 2.75) is 30.4 Å². The molecule has 2 aromatic carbocycles. The molecule has 0 spiro atoms. The molecule has 12 heteroatoms. The molecule has 0 heterocycles. The zero-order valence-electron chi connectivity index (χ0n) is 14.6. The molecule has 1 unspecified atom stereocenters. The van der Waals surface area contributed by atoms with Crippen molar-refractivity contribution in [1.82, 2.24) is 5.32 Å². The molecule has 1 atom stereocenters. The average Bonchev–Trinajstić information content (AvgIpc) is 2.65. The van der Waals surface area contributed by atoms with Crippen molar-refractivity contribution in [3.8, 4) is 0 Å². The summed E-state index contributed by atoms with van der Waals surface area (Å²) in [5, 5.41) is 11.6. The smallest absolute Gasteiger partial charge is 0.370 e. The summed E-state index contributed by atoms with van der Waals surface area (Å²) in [5.74, 6) is -9.56. The minimum atomic E-state index is -6.36. The molecule has 0 saturated heterocycles. The van der Waals surface area contributed by atoms with Crippen LogP contribution in [0.5, 0.6) is 0 Å². The van der Waals surface area contributed by atoms with Gasteiger partial charge in [0.15, 0.2) is 0 Å². The molecule has 0 bridgehead atoms. The molecule has 0 aliphatic carbocycles. The number of carbonyl (C=O) groups is 1. The molecule has 0 aliphatic rings. The summed E-state index contributed by atoms with van der Waals surface area (Å²) in [6.07, 6.45) is -11.3. The van der Waals surface area contributed by atoms with Crippen LogP contribution >= 0.6 is 0 Å². The molecule has 0 saturated carbocycles. The van der Waals surface area contributed by atoms with Crippen molar-refractivity contribution in [2.75, 3.05) is 0 Å². The lowest BCUT2D eigenvalue weighted by Gasteiger charge is -2.35. The van der Waals surface area contributed by atoms with E-state index in [9.17, 15) is 49.4 Å². The molecule has 164 valence electrons. The number of rotatable bonds is 5. The van der Waals surface area contributed by atoms with E-state index in [-0.39, 0.29) is 6.07 Å². The minimum absolute atomic E-state index is 0.249. The Morgan fingerprint density at radius 1 is 0.867 bits per heavy atom. The molecule has 2 aromatic rings. The van der Waals surface area contributed by atoms with E-state index in [1.165, 1.54) is 11.4 Å². The number of hydrogen-bond acceptors (Lipinski definition) is 2. The highest BCUT2D eigenvalue weighted by Crippen LogP contribution is 2.48. The molecule has 2 N–H and O–H groups in total. The number of carbonyl (C=O) groups excluding carboxylic acids is 1. The highest BCUT2D eigenvalue weighted by Gasteiger charge is 2.73. The van der Waals surface area contributed by atoms with Gasteiger partial charge < -0.3 is 10.4 Å². The number of nitrogens with one attached hydrogen (secondary N) is 1. The Morgan fingerprint density at radius 2 is 1.43 bits per heavy atom. The first kappa shape index (κ1) is 23.5. The number of hydrogen-bond donors (Lipinski definition) is 2. The van der Waals surface area contributed by atoms with E-state index in [2.05, 4.69) is 0 Å². The normalized spacial score (nSPS) is 14.9. The van der Waals surface area contributed by atoms with Crippen LogP contribution in [0, 0.1) is 5.82 Å². The number of alkyl halides is 8. The van der Waals surface area contributed by atoms with E-state index in [1.54, 1.807) is 0 Å². The van der Waals surface area contributed by atoms with Crippen LogP contribution in [0.4, 0.5) is 39.5 Å². The second kappa shape index (κ2) is 7.82. The Morgan fingerprint density at radius 3 is 1.93 bits per heavy atom. The maximum atomic E-state index is 14.1. The molecular formula is C18H12F9NO2. The fraction of sp³-hybridized carbons (Fsp3) is 0.278. The van der Waals surface area contributed by atoms with Gasteiger partial charge in [-0.25, -0.2) is 4.39 Å². The van der Waals surface area contributed by atoms with Gasteiger partial charge in [0, 0.05) is 12.1 Å². The van der Waals surface area contributed by atoms with Crippen molar-refractivity contribution in [1.29, 1.82) is 0 Å². The summed E-state index contributed by atoms with van der Waals surface area (Å²) in [4.78, 5) is 12.2. The van der Waals surface area contributed by atoms with Crippen LogP contribution in [0.2, 0.25) is 0 Å². The van der Waals surface area contributed by atoms with Gasteiger partial charge in [-0.2, -0.15) is 35.1 Å². The van der Waals surface area contributed by atoms with Crippen molar-refractivity contribution in [3.63, 3.8) is 0 Å². The first-order valence-corrected chi connectivity index (χ1v) is 7.98. The van der Waals surface area contributed by atoms with Crippen LogP contribution in [-0.2, 0) is 23.1 Å². The van der Waals surface area contributed by atoms with Gasteiger partial charge in [-0.1, -0.05) is 30.3 Å². The molecule has 0 fully saturated rings. The number of amides is 1. The fourth-order valence-corrected chi connectivity index (χ4v) is 2.53. The van der Waals surface area contributed by atoms with Gasteiger partial charge in [0.25, 0.3) is 5.91 Å². The lowest BCUT2D eigenvalue weighted by molar-refractivity contribution is -0.337. The Hall–Kier alpha value is -2.76. The second-order valence-electron chi connectivity index (χ2n) is 6.14. The number of benzene rings is 2. The Bertz CT molecular complexity index is 910. The molecule has 2 rings (SSSR count). The molecule has 30 heavy (non-hydrogen) atoms. The highest BCUT2D eigenvalue weighted by molar-refractivity contribution is 5.87. The first-order valence-electron chi connectivity index (χ1n) is 7.98. The zero-order chi connectivity index (χ0) is 23.0. The molecular weight excluding hydrogens is 433 g/mol. The number of halogens is 9. The predicted octanol–water partition coefficient (Wildman–Crippen LogP) is 4.55. The maximum absolute atomic E-state index is 14.1. The summed E-state index contributed by atoms with van der Waals surface area (Å²) in [7, 11) is 0. The van der Waals surface area contributed by atoms with Crippen LogP contribution in [0.25, 0.3) is 0 Å². The van der Waals surface area contributed by atoms with Crippen LogP contribution in [0.3, 0.4) is 0 Å². The van der Waals surface area contributed by atoms with Gasteiger partial charge in [-0.15, -0.1) is 0 Å². The molecule has 0 radical (unpaired) electrons. The predicted molar refractivity (Wildman–Crippen MR) is 84.6 cm³/mol. The van der Waals surface area contributed by atoms with E-state index >= 15 is 0 Å². The van der Waals surface area contributed by atoms with E-state index < -0.39 is 58.8 Å². The zero-order valence-corrected chi connectivity index (χ0v) is 14.6. The monoisotopic (exact) mass is 445 g/mol. The summed E-state index contributed by atoms with van der Waals surface area (Å²) in [6.45, 7) is -1.20. The van der Waals surface area contributed by atoms with Gasteiger partial charge in [0.2, 0.25) is 5.60 Å². The summed E-state index contributed by atoms with van der Waals surface area (Å²) >= 11 is 0. The summed E-state index contributed by atoms with van der Waals surface area (Å²) in [6, 6.07) is 5.44. The van der Waals surface area contributed by atoms with Crippen LogP contribution in [-0.4, -0.2) is 23.1 Å². The van der Waals surface area contributed by atoms with E-state index in [4.69, 9.17) is 0 Å². The minimum Gasteiger partial charge on any atom is -0.370 e. The van der Waals surface area contributed by atoms with E-state index in [0.717, 1.165) is 12.1 Å². The standard InChI is InChI=1S/C18H12F9NO2/c19-13-7-6-12(16(20,21)22)8-10(13)9-28-14(29)15(30,11-4-2-1-3-5-11)17(23,24)18(25,26)27/h1-8,30H,9H2,(H,28,29). The third kappa shape index (κ3) is 4.23. The maximum Gasteiger partial charge on any atom is 0.457 e. The van der Waals surface area contributed by atoms with Crippen LogP contribution in [0.1, 0.15) is 16.7 Å². The topological polar surface area (TPSA) is 49.3 Å². The highest BCUT2D eigenvalue weighted by atomic mass is 19.4. The Kier molecular flexibility index (Phi) is 6.13. The third-order valence-corrected chi connectivity index (χ3v) is 4.14. The van der Waals surface area contributed by atoms with Crippen LogP contribution in [0.15, 0.2) is 48.5 Å². The van der Waals surface area contributed by atoms with Crippen molar-refractivity contribution in [3.05, 3.63) is 71.0 Å². The largest absolute Gasteiger partial charge is 0.457 e. The lowest BCUT2D eigenvalue weighted by atomic mass is 9.85. The lowest BCUT2D eigenvalue weighted by Crippen LogP contribution is -2.62. The third-order valence-electron chi connectivity index (χ3n) is 4.14. The molecule has 0 aliphatic heterocycles. The van der Waals surface area contributed by atoms with Gasteiger partial charge in [-0.3, -0.25) is 4.79 Å². The first-order chi connectivity index (χ1) is 13.6. The SMILES string of the molecule is O=C(NCc1cc(C(F)(F)F)ccc1F)C(O)(c1ccccc1)C(F)(F)C(F)(F)F. The van der Waals surface area contributed by atoms with Gasteiger partial charge >= 0.3 is 18.3 Å². The number of aliphatic hydroxyl groups is 1. The average molecular weight is 445 g/mol. The Balaban J connectivity index is 2.42. The second-order valence-corrected chi connectivity index (χ2v) is 6.14. The van der Waals surface area contributed by atoms with E-state index in [0.29, 0.717) is 24.3 Å². The van der Waals surface area contributed by atoms with Gasteiger partial charge in [0.05, 0.1) is 5.56 Å². The summed E-state index contributed by atoms with van der Waals surface area (Å²) < 4.78 is 119. The molecule has 0 aromatic heterocycles. The van der Waals surface area contributed by atoms with Crippen molar-refractivity contribution >= 4 is 5.91 Å².